The van der Waals surface area contributed by atoms with Crippen LogP contribution in [-0.2, 0) is 11.3 Å². The maximum absolute atomic E-state index is 13.2. The highest BCUT2D eigenvalue weighted by Crippen LogP contribution is 2.21. The van der Waals surface area contributed by atoms with Crippen LogP contribution in [0.25, 0.3) is 0 Å². The van der Waals surface area contributed by atoms with Gasteiger partial charge in [-0.15, -0.1) is 0 Å². The molecule has 0 fully saturated rings. The van der Waals surface area contributed by atoms with E-state index in [4.69, 9.17) is 10.5 Å². The average Bonchev–Trinajstić information content (AvgIpc) is 2.45. The van der Waals surface area contributed by atoms with Crippen LogP contribution in [-0.4, -0.2) is 13.0 Å². The van der Waals surface area contributed by atoms with Crippen molar-refractivity contribution in [3.8, 4) is 0 Å². The molecule has 4 nitrogen and oxygen atoms in total. The van der Waals surface area contributed by atoms with Crippen LogP contribution in [0.3, 0.4) is 0 Å². The Morgan fingerprint density at radius 1 is 1.24 bits per heavy atom. The van der Waals surface area contributed by atoms with Gasteiger partial charge in [-0.3, -0.25) is 4.79 Å². The van der Waals surface area contributed by atoms with Gasteiger partial charge in [0.05, 0.1) is 12.2 Å². The van der Waals surface area contributed by atoms with Gasteiger partial charge in [0.2, 0.25) is 0 Å². The van der Waals surface area contributed by atoms with E-state index in [9.17, 15) is 13.6 Å². The van der Waals surface area contributed by atoms with Gasteiger partial charge >= 0.3 is 0 Å². The Kier molecular flexibility index (Phi) is 4.49. The standard InChI is InChI=1S/C15H14F2N2O2/c1-21-8-9-4-2-3-5-14(9)19-15(20)10-6-11(16)12(17)7-13(10)18/h2-7H,8,18H2,1H3,(H,19,20). The van der Waals surface area contributed by atoms with Gasteiger partial charge in [-0.05, 0) is 12.1 Å². The Morgan fingerprint density at radius 3 is 2.62 bits per heavy atom. The summed E-state index contributed by atoms with van der Waals surface area (Å²) in [6.45, 7) is 0.309. The highest BCUT2D eigenvalue weighted by Gasteiger charge is 2.15. The molecule has 0 bridgehead atoms. The summed E-state index contributed by atoms with van der Waals surface area (Å²) >= 11 is 0. The van der Waals surface area contributed by atoms with E-state index in [-0.39, 0.29) is 11.3 Å². The number of carbonyl (C=O) groups excluding carboxylic acids is 1. The number of benzene rings is 2. The molecule has 2 rings (SSSR count). The summed E-state index contributed by atoms with van der Waals surface area (Å²) in [6, 6.07) is 8.57. The molecule has 0 atom stereocenters. The zero-order valence-corrected chi connectivity index (χ0v) is 11.3. The molecule has 0 saturated heterocycles. The van der Waals surface area contributed by atoms with Crippen molar-refractivity contribution in [3.63, 3.8) is 0 Å². The summed E-state index contributed by atoms with van der Waals surface area (Å²) in [5, 5.41) is 2.61. The maximum Gasteiger partial charge on any atom is 0.257 e. The van der Waals surface area contributed by atoms with Crippen LogP contribution in [0.5, 0.6) is 0 Å². The summed E-state index contributed by atoms with van der Waals surface area (Å²) in [4.78, 5) is 12.1. The largest absolute Gasteiger partial charge is 0.398 e. The molecule has 0 aliphatic carbocycles. The Morgan fingerprint density at radius 2 is 1.90 bits per heavy atom. The zero-order chi connectivity index (χ0) is 15.4. The number of ether oxygens (including phenoxy) is 1. The van der Waals surface area contributed by atoms with Crippen LogP contribution in [0.2, 0.25) is 0 Å². The molecule has 2 aromatic rings. The van der Waals surface area contributed by atoms with E-state index in [0.717, 1.165) is 17.7 Å². The second-order valence-electron chi connectivity index (χ2n) is 4.40. The average molecular weight is 292 g/mol. The van der Waals surface area contributed by atoms with Crippen LogP contribution in [0.15, 0.2) is 36.4 Å². The van der Waals surface area contributed by atoms with Crippen LogP contribution >= 0.6 is 0 Å². The van der Waals surface area contributed by atoms with Gasteiger partial charge in [0.15, 0.2) is 11.6 Å². The molecule has 0 aliphatic rings. The van der Waals surface area contributed by atoms with Crippen LogP contribution in [0, 0.1) is 11.6 Å². The van der Waals surface area contributed by atoms with E-state index in [1.807, 2.05) is 0 Å². The Bertz CT molecular complexity index is 675. The van der Waals surface area contributed by atoms with Gasteiger partial charge < -0.3 is 15.8 Å². The lowest BCUT2D eigenvalue weighted by atomic mass is 10.1. The quantitative estimate of drug-likeness (QED) is 0.852. The van der Waals surface area contributed by atoms with Crippen LogP contribution < -0.4 is 11.1 Å². The second-order valence-corrected chi connectivity index (χ2v) is 4.40. The third-order valence-corrected chi connectivity index (χ3v) is 2.90. The van der Waals surface area contributed by atoms with Gasteiger partial charge in [-0.1, -0.05) is 18.2 Å². The summed E-state index contributed by atoms with van der Waals surface area (Å²) in [7, 11) is 1.53. The monoisotopic (exact) mass is 292 g/mol. The normalized spacial score (nSPS) is 10.4. The number of amides is 1. The van der Waals surface area contributed by atoms with E-state index in [0.29, 0.717) is 12.3 Å². The summed E-state index contributed by atoms with van der Waals surface area (Å²) in [5.74, 6) is -2.83. The van der Waals surface area contributed by atoms with Gasteiger partial charge in [-0.2, -0.15) is 0 Å². The topological polar surface area (TPSA) is 64.3 Å². The summed E-state index contributed by atoms with van der Waals surface area (Å²) in [6.07, 6.45) is 0. The molecule has 0 radical (unpaired) electrons. The lowest BCUT2D eigenvalue weighted by molar-refractivity contribution is 0.102. The molecule has 21 heavy (non-hydrogen) atoms. The van der Waals surface area contributed by atoms with Gasteiger partial charge in [0.1, 0.15) is 0 Å². The number of halogens is 2. The third kappa shape index (κ3) is 3.35. The van der Waals surface area contributed by atoms with Crippen molar-refractivity contribution in [2.75, 3.05) is 18.2 Å². The molecule has 0 aromatic heterocycles. The number of rotatable bonds is 4. The third-order valence-electron chi connectivity index (χ3n) is 2.90. The summed E-state index contributed by atoms with van der Waals surface area (Å²) in [5.41, 5.74) is 6.58. The van der Waals surface area contributed by atoms with E-state index in [1.54, 1.807) is 24.3 Å². The first-order chi connectivity index (χ1) is 10.0. The predicted molar refractivity (Wildman–Crippen MR) is 75.9 cm³/mol. The van der Waals surface area contributed by atoms with Crippen LogP contribution in [0.1, 0.15) is 15.9 Å². The number of nitrogens with two attached hydrogens (primary N) is 1. The molecule has 0 unspecified atom stereocenters. The Balaban J connectivity index is 2.28. The van der Waals surface area contributed by atoms with Crippen molar-refractivity contribution < 1.29 is 18.3 Å². The lowest BCUT2D eigenvalue weighted by Crippen LogP contribution is -2.16. The first kappa shape index (κ1) is 14.9. The SMILES string of the molecule is COCc1ccccc1NC(=O)c1cc(F)c(F)cc1N. The van der Waals surface area contributed by atoms with Crippen molar-refractivity contribution >= 4 is 17.3 Å². The first-order valence-electron chi connectivity index (χ1n) is 6.15. The van der Waals surface area contributed by atoms with E-state index >= 15 is 0 Å². The van der Waals surface area contributed by atoms with E-state index in [1.165, 1.54) is 7.11 Å². The number of hydrogen-bond acceptors (Lipinski definition) is 3. The highest BCUT2D eigenvalue weighted by molar-refractivity contribution is 6.08. The van der Waals surface area contributed by atoms with Crippen molar-refractivity contribution in [1.82, 2.24) is 0 Å². The minimum absolute atomic E-state index is 0.124. The number of nitrogen functional groups attached to an aromatic ring is 1. The molecular weight excluding hydrogens is 278 g/mol. The smallest absolute Gasteiger partial charge is 0.257 e. The number of anilines is 2. The van der Waals surface area contributed by atoms with Gasteiger partial charge in [0.25, 0.3) is 5.91 Å². The highest BCUT2D eigenvalue weighted by atomic mass is 19.2. The zero-order valence-electron chi connectivity index (χ0n) is 11.3. The number of hydrogen-bond donors (Lipinski definition) is 2. The van der Waals surface area contributed by atoms with E-state index < -0.39 is 17.5 Å². The first-order valence-corrected chi connectivity index (χ1v) is 6.15. The van der Waals surface area contributed by atoms with Gasteiger partial charge in [-0.25, -0.2) is 8.78 Å². The molecular formula is C15H14F2N2O2. The molecule has 0 aliphatic heterocycles. The molecule has 0 saturated carbocycles. The van der Waals surface area contributed by atoms with Crippen molar-refractivity contribution in [2.24, 2.45) is 0 Å². The van der Waals surface area contributed by atoms with Crippen LogP contribution in [0.4, 0.5) is 20.2 Å². The molecule has 3 N–H and O–H groups in total. The molecule has 2 aromatic carbocycles. The van der Waals surface area contributed by atoms with Crippen molar-refractivity contribution in [1.29, 1.82) is 0 Å². The predicted octanol–water partition coefficient (Wildman–Crippen LogP) is 2.95. The fourth-order valence-corrected chi connectivity index (χ4v) is 1.87. The number of nitrogens with one attached hydrogen (secondary N) is 1. The fourth-order valence-electron chi connectivity index (χ4n) is 1.87. The van der Waals surface area contributed by atoms with Gasteiger partial charge in [0, 0.05) is 30.1 Å². The fraction of sp³-hybridized carbons (Fsp3) is 0.133. The number of methoxy groups -OCH3 is 1. The van der Waals surface area contributed by atoms with E-state index in [2.05, 4.69) is 5.32 Å². The van der Waals surface area contributed by atoms with Crippen molar-refractivity contribution in [3.05, 3.63) is 59.2 Å². The lowest BCUT2D eigenvalue weighted by Gasteiger charge is -2.11. The number of para-hydroxylation sites is 1. The molecule has 1 amide bonds. The molecule has 0 heterocycles. The minimum atomic E-state index is -1.13. The number of carbonyl (C=O) groups is 1. The van der Waals surface area contributed by atoms with Crippen molar-refractivity contribution in [2.45, 2.75) is 6.61 Å². The Hall–Kier alpha value is -2.47. The summed E-state index contributed by atoms with van der Waals surface area (Å²) < 4.78 is 31.3. The molecule has 0 spiro atoms. The maximum atomic E-state index is 13.2. The second kappa shape index (κ2) is 6.32. The minimum Gasteiger partial charge on any atom is -0.398 e. The Labute approximate surface area is 120 Å². The molecule has 6 heteroatoms. The molecule has 110 valence electrons.